The summed E-state index contributed by atoms with van der Waals surface area (Å²) in [4.78, 5) is 4.61. The third kappa shape index (κ3) is 4.86. The van der Waals surface area contributed by atoms with E-state index in [1.807, 2.05) is 5.38 Å². The average Bonchev–Trinajstić information content (AvgIpc) is 2.96. The van der Waals surface area contributed by atoms with Crippen molar-refractivity contribution in [3.05, 3.63) is 34.7 Å². The van der Waals surface area contributed by atoms with E-state index in [0.717, 1.165) is 22.7 Å². The number of nitriles is 1. The van der Waals surface area contributed by atoms with Crippen LogP contribution in [0.15, 0.2) is 34.5 Å². The molecular formula is C16H19N3O2S2. The van der Waals surface area contributed by atoms with Crippen molar-refractivity contribution in [2.75, 3.05) is 6.54 Å². The van der Waals surface area contributed by atoms with Crippen molar-refractivity contribution < 1.29 is 8.42 Å². The number of rotatable bonds is 7. The van der Waals surface area contributed by atoms with E-state index in [-0.39, 0.29) is 11.3 Å². The molecule has 0 aliphatic rings. The van der Waals surface area contributed by atoms with Crippen LogP contribution in [0.25, 0.3) is 11.3 Å². The van der Waals surface area contributed by atoms with Crippen LogP contribution in [-0.4, -0.2) is 19.9 Å². The Morgan fingerprint density at radius 1 is 1.30 bits per heavy atom. The number of thiazole rings is 1. The first-order valence-electron chi connectivity index (χ1n) is 7.34. The molecule has 0 saturated heterocycles. The summed E-state index contributed by atoms with van der Waals surface area (Å²) >= 11 is 1.43. The van der Waals surface area contributed by atoms with Crippen molar-refractivity contribution in [1.82, 2.24) is 9.71 Å². The molecule has 7 heteroatoms. The molecule has 0 spiro atoms. The molecule has 5 nitrogen and oxygen atoms in total. The van der Waals surface area contributed by atoms with Gasteiger partial charge in [-0.2, -0.15) is 5.26 Å². The monoisotopic (exact) mass is 349 g/mol. The predicted octanol–water partition coefficient (Wildman–Crippen LogP) is 3.20. The van der Waals surface area contributed by atoms with Gasteiger partial charge in [0, 0.05) is 17.5 Å². The van der Waals surface area contributed by atoms with E-state index in [2.05, 4.69) is 29.6 Å². The molecule has 2 aromatic rings. The third-order valence-electron chi connectivity index (χ3n) is 3.26. The Morgan fingerprint density at radius 2 is 2.00 bits per heavy atom. The second-order valence-corrected chi connectivity index (χ2v) is 8.28. The first kappa shape index (κ1) is 17.6. The minimum Gasteiger partial charge on any atom is -0.240 e. The van der Waals surface area contributed by atoms with E-state index in [0.29, 0.717) is 12.5 Å². The lowest BCUT2D eigenvalue weighted by Gasteiger charge is -2.08. The highest BCUT2D eigenvalue weighted by molar-refractivity contribution is 7.89. The van der Waals surface area contributed by atoms with Crippen LogP contribution in [0.1, 0.15) is 25.3 Å². The molecule has 1 heterocycles. The molecule has 0 atom stereocenters. The zero-order valence-electron chi connectivity index (χ0n) is 13.1. The summed E-state index contributed by atoms with van der Waals surface area (Å²) < 4.78 is 27.0. The van der Waals surface area contributed by atoms with Crippen LogP contribution >= 0.6 is 11.3 Å². The molecule has 0 unspecified atom stereocenters. The second kappa shape index (κ2) is 7.68. The Bertz CT molecular complexity index is 787. The van der Waals surface area contributed by atoms with Crippen molar-refractivity contribution in [2.24, 2.45) is 5.92 Å². The van der Waals surface area contributed by atoms with Crippen molar-refractivity contribution >= 4 is 21.4 Å². The summed E-state index contributed by atoms with van der Waals surface area (Å²) in [5.41, 5.74) is 1.60. The Labute approximate surface area is 141 Å². The Hall–Kier alpha value is -1.75. The zero-order chi connectivity index (χ0) is 16.9. The topological polar surface area (TPSA) is 82.9 Å². The van der Waals surface area contributed by atoms with Gasteiger partial charge in [0.25, 0.3) is 0 Å². The molecule has 0 bridgehead atoms. The van der Waals surface area contributed by atoms with Gasteiger partial charge in [-0.15, -0.1) is 11.3 Å². The minimum atomic E-state index is -3.47. The van der Waals surface area contributed by atoms with Crippen molar-refractivity contribution in [1.29, 1.82) is 5.26 Å². The van der Waals surface area contributed by atoms with Crippen molar-refractivity contribution in [3.63, 3.8) is 0 Å². The van der Waals surface area contributed by atoms with E-state index >= 15 is 0 Å². The molecule has 0 saturated carbocycles. The van der Waals surface area contributed by atoms with Gasteiger partial charge in [-0.1, -0.05) is 26.0 Å². The standard InChI is InChI=1S/C16H19N3O2S2/c1-12(2)8-10-18-23(20,21)14-5-3-13(4-6-14)15-11-22-16(19-15)7-9-17/h3-6,11-12,18H,7-8,10H2,1-2H3. The zero-order valence-corrected chi connectivity index (χ0v) is 14.7. The van der Waals surface area contributed by atoms with Gasteiger partial charge in [0.2, 0.25) is 10.0 Å². The summed E-state index contributed by atoms with van der Waals surface area (Å²) in [6.07, 6.45) is 1.09. The van der Waals surface area contributed by atoms with Crippen LogP contribution in [0.5, 0.6) is 0 Å². The lowest BCUT2D eigenvalue weighted by molar-refractivity contribution is 0.551. The van der Waals surface area contributed by atoms with Crippen LogP contribution < -0.4 is 4.72 Å². The molecule has 1 N–H and O–H groups in total. The number of benzene rings is 1. The fourth-order valence-electron chi connectivity index (χ4n) is 1.96. The fraction of sp³-hybridized carbons (Fsp3) is 0.375. The number of hydrogen-bond donors (Lipinski definition) is 1. The first-order chi connectivity index (χ1) is 10.9. The molecule has 23 heavy (non-hydrogen) atoms. The molecule has 122 valence electrons. The quantitative estimate of drug-likeness (QED) is 0.832. The van der Waals surface area contributed by atoms with Crippen LogP contribution in [-0.2, 0) is 16.4 Å². The lowest BCUT2D eigenvalue weighted by Crippen LogP contribution is -2.25. The number of hydrogen-bond acceptors (Lipinski definition) is 5. The molecule has 0 amide bonds. The van der Waals surface area contributed by atoms with Crippen LogP contribution in [0.4, 0.5) is 0 Å². The number of nitrogens with one attached hydrogen (secondary N) is 1. The second-order valence-electron chi connectivity index (χ2n) is 5.57. The van der Waals surface area contributed by atoms with E-state index in [9.17, 15) is 8.42 Å². The van der Waals surface area contributed by atoms with Crippen LogP contribution in [0.2, 0.25) is 0 Å². The third-order valence-corrected chi connectivity index (χ3v) is 5.58. The molecule has 2 rings (SSSR count). The Balaban J connectivity index is 2.10. The largest absolute Gasteiger partial charge is 0.240 e. The summed E-state index contributed by atoms with van der Waals surface area (Å²) in [7, 11) is -3.47. The van der Waals surface area contributed by atoms with E-state index in [1.165, 1.54) is 11.3 Å². The first-order valence-corrected chi connectivity index (χ1v) is 9.70. The predicted molar refractivity (Wildman–Crippen MR) is 91.5 cm³/mol. The van der Waals surface area contributed by atoms with Crippen LogP contribution in [0, 0.1) is 17.2 Å². The Morgan fingerprint density at radius 3 is 2.61 bits per heavy atom. The number of nitrogens with zero attached hydrogens (tertiary/aromatic N) is 2. The maximum absolute atomic E-state index is 12.2. The maximum atomic E-state index is 12.2. The fourth-order valence-corrected chi connectivity index (χ4v) is 3.75. The van der Waals surface area contributed by atoms with Crippen LogP contribution in [0.3, 0.4) is 0 Å². The maximum Gasteiger partial charge on any atom is 0.240 e. The molecule has 0 aliphatic carbocycles. The highest BCUT2D eigenvalue weighted by atomic mass is 32.2. The van der Waals surface area contributed by atoms with Gasteiger partial charge in [-0.25, -0.2) is 18.1 Å². The van der Waals surface area contributed by atoms with E-state index in [4.69, 9.17) is 5.26 Å². The van der Waals surface area contributed by atoms with E-state index < -0.39 is 10.0 Å². The Kier molecular flexibility index (Phi) is 5.88. The van der Waals surface area contributed by atoms with Gasteiger partial charge in [0.15, 0.2) is 0 Å². The summed E-state index contributed by atoms with van der Waals surface area (Å²) in [6, 6.07) is 8.70. The summed E-state index contributed by atoms with van der Waals surface area (Å²) in [6.45, 7) is 4.54. The SMILES string of the molecule is CC(C)CCNS(=O)(=O)c1ccc(-c2csc(CC#N)n2)cc1. The molecule has 1 aromatic carbocycles. The van der Waals surface area contributed by atoms with Gasteiger partial charge in [0.05, 0.1) is 23.1 Å². The lowest BCUT2D eigenvalue weighted by atomic mass is 10.1. The van der Waals surface area contributed by atoms with Gasteiger partial charge in [-0.3, -0.25) is 0 Å². The van der Waals surface area contributed by atoms with Crippen molar-refractivity contribution in [3.8, 4) is 17.3 Å². The van der Waals surface area contributed by atoms with Gasteiger partial charge < -0.3 is 0 Å². The van der Waals surface area contributed by atoms with Crippen molar-refractivity contribution in [2.45, 2.75) is 31.6 Å². The van der Waals surface area contributed by atoms with E-state index in [1.54, 1.807) is 24.3 Å². The van der Waals surface area contributed by atoms with Gasteiger partial charge >= 0.3 is 0 Å². The number of aromatic nitrogens is 1. The molecule has 0 fully saturated rings. The summed E-state index contributed by atoms with van der Waals surface area (Å²) in [5.74, 6) is 0.451. The highest BCUT2D eigenvalue weighted by Gasteiger charge is 2.14. The minimum absolute atomic E-state index is 0.248. The van der Waals surface area contributed by atoms with Gasteiger partial charge in [0.1, 0.15) is 5.01 Å². The summed E-state index contributed by atoms with van der Waals surface area (Å²) in [5, 5.41) is 11.3. The molecule has 1 aromatic heterocycles. The van der Waals surface area contributed by atoms with Gasteiger partial charge in [-0.05, 0) is 24.5 Å². The smallest absolute Gasteiger partial charge is 0.240 e. The molecule has 0 aliphatic heterocycles. The number of sulfonamides is 1. The molecule has 0 radical (unpaired) electrons. The average molecular weight is 349 g/mol. The molecular weight excluding hydrogens is 330 g/mol. The highest BCUT2D eigenvalue weighted by Crippen LogP contribution is 2.23. The normalized spacial score (nSPS) is 11.6.